The summed E-state index contributed by atoms with van der Waals surface area (Å²) in [7, 11) is 0. The van der Waals surface area contributed by atoms with Crippen molar-refractivity contribution in [2.24, 2.45) is 5.92 Å². The van der Waals surface area contributed by atoms with Crippen LogP contribution in [0.2, 0.25) is 5.02 Å². The quantitative estimate of drug-likeness (QED) is 0.781. The van der Waals surface area contributed by atoms with Crippen LogP contribution >= 0.6 is 11.6 Å². The Kier molecular flexibility index (Phi) is 4.35. The zero-order chi connectivity index (χ0) is 14.7. The first-order valence-corrected chi connectivity index (χ1v) is 7.89. The Bertz CT molecular complexity index is 592. The van der Waals surface area contributed by atoms with E-state index in [0.29, 0.717) is 18.6 Å². The van der Waals surface area contributed by atoms with Crippen LogP contribution < -0.4 is 10.1 Å². The third-order valence-corrected chi connectivity index (χ3v) is 4.07. The third-order valence-electron chi connectivity index (χ3n) is 3.82. The Morgan fingerprint density at radius 2 is 1.86 bits per heavy atom. The van der Waals surface area contributed by atoms with Crippen LogP contribution in [0.15, 0.2) is 48.5 Å². The van der Waals surface area contributed by atoms with Gasteiger partial charge >= 0.3 is 0 Å². The van der Waals surface area contributed by atoms with Gasteiger partial charge in [-0.15, -0.1) is 0 Å². The van der Waals surface area contributed by atoms with Crippen LogP contribution in [-0.4, -0.2) is 6.61 Å². The third kappa shape index (κ3) is 3.51. The van der Waals surface area contributed by atoms with Gasteiger partial charge in [0.05, 0.1) is 18.3 Å². The number of para-hydroxylation sites is 2. The molecule has 0 aromatic heterocycles. The van der Waals surface area contributed by atoms with Gasteiger partial charge in [0, 0.05) is 5.02 Å². The zero-order valence-corrected chi connectivity index (χ0v) is 12.9. The standard InChI is InChI=1S/C18H20ClNO/c1-2-21-17-6-4-3-5-16(17)20-18(13-7-8-13)14-9-11-15(19)12-10-14/h3-6,9-13,18,20H,2,7-8H2,1H3. The van der Waals surface area contributed by atoms with Crippen molar-refractivity contribution in [2.45, 2.75) is 25.8 Å². The lowest BCUT2D eigenvalue weighted by Crippen LogP contribution is -2.13. The predicted molar refractivity (Wildman–Crippen MR) is 88.2 cm³/mol. The number of rotatable bonds is 6. The van der Waals surface area contributed by atoms with Gasteiger partial charge in [-0.05, 0) is 55.5 Å². The van der Waals surface area contributed by atoms with Crippen LogP contribution in [0.3, 0.4) is 0 Å². The molecule has 0 saturated heterocycles. The van der Waals surface area contributed by atoms with Gasteiger partial charge in [-0.3, -0.25) is 0 Å². The van der Waals surface area contributed by atoms with Crippen LogP contribution in [0.5, 0.6) is 5.75 Å². The molecule has 0 aliphatic heterocycles. The minimum Gasteiger partial charge on any atom is -0.492 e. The van der Waals surface area contributed by atoms with Gasteiger partial charge in [-0.1, -0.05) is 35.9 Å². The van der Waals surface area contributed by atoms with E-state index in [1.165, 1.54) is 18.4 Å². The minimum atomic E-state index is 0.323. The van der Waals surface area contributed by atoms with Crippen molar-refractivity contribution in [3.63, 3.8) is 0 Å². The molecule has 1 aliphatic rings. The Hall–Kier alpha value is -1.67. The summed E-state index contributed by atoms with van der Waals surface area (Å²) in [4.78, 5) is 0. The molecule has 0 bridgehead atoms. The van der Waals surface area contributed by atoms with Gasteiger partial charge in [-0.25, -0.2) is 0 Å². The highest BCUT2D eigenvalue weighted by atomic mass is 35.5. The van der Waals surface area contributed by atoms with Gasteiger partial charge in [0.2, 0.25) is 0 Å². The Morgan fingerprint density at radius 1 is 1.14 bits per heavy atom. The van der Waals surface area contributed by atoms with E-state index in [1.807, 2.05) is 37.3 Å². The molecule has 0 amide bonds. The van der Waals surface area contributed by atoms with E-state index in [9.17, 15) is 0 Å². The molecule has 0 heterocycles. The van der Waals surface area contributed by atoms with Crippen LogP contribution in [-0.2, 0) is 0 Å². The SMILES string of the molecule is CCOc1ccccc1NC(c1ccc(Cl)cc1)C1CC1. The fourth-order valence-corrected chi connectivity index (χ4v) is 2.73. The first-order valence-electron chi connectivity index (χ1n) is 7.51. The van der Waals surface area contributed by atoms with Gasteiger partial charge < -0.3 is 10.1 Å². The molecule has 3 rings (SSSR count). The summed E-state index contributed by atoms with van der Waals surface area (Å²) in [6.07, 6.45) is 2.55. The minimum absolute atomic E-state index is 0.323. The van der Waals surface area contributed by atoms with Crippen LogP contribution in [0, 0.1) is 5.92 Å². The maximum atomic E-state index is 6.00. The molecule has 1 saturated carbocycles. The molecule has 1 N–H and O–H groups in total. The van der Waals surface area contributed by atoms with E-state index in [0.717, 1.165) is 16.5 Å². The molecular weight excluding hydrogens is 282 g/mol. The van der Waals surface area contributed by atoms with Gasteiger partial charge in [-0.2, -0.15) is 0 Å². The summed E-state index contributed by atoms with van der Waals surface area (Å²) >= 11 is 6.00. The maximum absolute atomic E-state index is 6.00. The molecule has 21 heavy (non-hydrogen) atoms. The first kappa shape index (κ1) is 14.3. The number of hydrogen-bond donors (Lipinski definition) is 1. The fraction of sp³-hybridized carbons (Fsp3) is 0.333. The molecule has 1 unspecified atom stereocenters. The summed E-state index contributed by atoms with van der Waals surface area (Å²) in [6.45, 7) is 2.68. The smallest absolute Gasteiger partial charge is 0.142 e. The number of halogens is 1. The fourth-order valence-electron chi connectivity index (χ4n) is 2.61. The molecule has 2 aromatic carbocycles. The van der Waals surface area contributed by atoms with Crippen molar-refractivity contribution < 1.29 is 4.74 Å². The van der Waals surface area contributed by atoms with Crippen LogP contribution in [0.1, 0.15) is 31.4 Å². The lowest BCUT2D eigenvalue weighted by atomic mass is 10.0. The molecule has 0 spiro atoms. The summed E-state index contributed by atoms with van der Waals surface area (Å²) in [5.74, 6) is 1.61. The summed E-state index contributed by atoms with van der Waals surface area (Å²) in [5.41, 5.74) is 2.35. The lowest BCUT2D eigenvalue weighted by molar-refractivity contribution is 0.341. The van der Waals surface area contributed by atoms with Crippen molar-refractivity contribution in [1.82, 2.24) is 0 Å². The lowest BCUT2D eigenvalue weighted by Gasteiger charge is -2.22. The van der Waals surface area contributed by atoms with E-state index in [4.69, 9.17) is 16.3 Å². The summed E-state index contributed by atoms with van der Waals surface area (Å²) in [5, 5.41) is 4.44. The van der Waals surface area contributed by atoms with E-state index < -0.39 is 0 Å². The second kappa shape index (κ2) is 6.40. The van der Waals surface area contributed by atoms with Crippen LogP contribution in [0.4, 0.5) is 5.69 Å². The molecular formula is C18H20ClNO. The molecule has 110 valence electrons. The van der Waals surface area contributed by atoms with Gasteiger partial charge in [0.25, 0.3) is 0 Å². The van der Waals surface area contributed by atoms with Crippen molar-refractivity contribution in [3.05, 3.63) is 59.1 Å². The molecule has 2 nitrogen and oxygen atoms in total. The van der Waals surface area contributed by atoms with E-state index in [-0.39, 0.29) is 0 Å². The highest BCUT2D eigenvalue weighted by Gasteiger charge is 2.32. The predicted octanol–water partition coefficient (Wildman–Crippen LogP) is 5.30. The monoisotopic (exact) mass is 301 g/mol. The number of benzene rings is 2. The Morgan fingerprint density at radius 3 is 2.52 bits per heavy atom. The average Bonchev–Trinajstić information content (AvgIpc) is 3.32. The highest BCUT2D eigenvalue weighted by Crippen LogP contribution is 2.44. The van der Waals surface area contributed by atoms with Crippen molar-refractivity contribution in [1.29, 1.82) is 0 Å². The number of nitrogens with one attached hydrogen (secondary N) is 1. The number of hydrogen-bond acceptors (Lipinski definition) is 2. The van der Waals surface area contributed by atoms with E-state index in [2.05, 4.69) is 23.5 Å². The normalized spacial score (nSPS) is 15.5. The van der Waals surface area contributed by atoms with Crippen molar-refractivity contribution >= 4 is 17.3 Å². The molecule has 0 radical (unpaired) electrons. The maximum Gasteiger partial charge on any atom is 0.142 e. The second-order valence-corrected chi connectivity index (χ2v) is 5.88. The zero-order valence-electron chi connectivity index (χ0n) is 12.2. The molecule has 3 heteroatoms. The van der Waals surface area contributed by atoms with E-state index in [1.54, 1.807) is 0 Å². The Labute approximate surface area is 131 Å². The molecule has 1 aliphatic carbocycles. The second-order valence-electron chi connectivity index (χ2n) is 5.44. The van der Waals surface area contributed by atoms with Crippen LogP contribution in [0.25, 0.3) is 0 Å². The molecule has 1 fully saturated rings. The van der Waals surface area contributed by atoms with Crippen molar-refractivity contribution in [3.8, 4) is 5.75 Å². The van der Waals surface area contributed by atoms with Gasteiger partial charge in [0.15, 0.2) is 0 Å². The van der Waals surface area contributed by atoms with E-state index >= 15 is 0 Å². The highest BCUT2D eigenvalue weighted by molar-refractivity contribution is 6.30. The largest absolute Gasteiger partial charge is 0.492 e. The number of ether oxygens (including phenoxy) is 1. The molecule has 1 atom stereocenters. The first-order chi connectivity index (χ1) is 10.3. The Balaban J connectivity index is 1.84. The molecule has 2 aromatic rings. The average molecular weight is 302 g/mol. The topological polar surface area (TPSA) is 21.3 Å². The van der Waals surface area contributed by atoms with Crippen molar-refractivity contribution in [2.75, 3.05) is 11.9 Å². The van der Waals surface area contributed by atoms with Gasteiger partial charge in [0.1, 0.15) is 5.75 Å². The number of anilines is 1. The summed E-state index contributed by atoms with van der Waals surface area (Å²) in [6, 6.07) is 16.6. The summed E-state index contributed by atoms with van der Waals surface area (Å²) < 4.78 is 5.71.